The van der Waals surface area contributed by atoms with Gasteiger partial charge in [0.05, 0.1) is 18.8 Å². The summed E-state index contributed by atoms with van der Waals surface area (Å²) in [6, 6.07) is -0.824. The van der Waals surface area contributed by atoms with E-state index in [0.29, 0.717) is 6.42 Å². The summed E-state index contributed by atoms with van der Waals surface area (Å²) in [6.07, 6.45) is 55.7. The number of aliphatic hydroxyl groups excluding tert-OH is 3. The van der Waals surface area contributed by atoms with Crippen molar-refractivity contribution in [2.24, 2.45) is 0 Å². The Morgan fingerprint density at radius 3 is 1.15 bits per heavy atom. The van der Waals surface area contributed by atoms with Crippen LogP contribution >= 0.6 is 0 Å². The summed E-state index contributed by atoms with van der Waals surface area (Å²) in [5.74, 6) is -0.522. The monoisotopic (exact) mass is 744 g/mol. The molecular formula is C48H89NO4. The van der Waals surface area contributed by atoms with Gasteiger partial charge in [0, 0.05) is 0 Å². The standard InChI is InChI=1S/C48H89NO4/c1-3-5-7-9-11-13-15-17-19-21-23-24-25-27-28-30-32-34-36-38-40-42-46(51)45(44-50)49-48(53)47(52)43-41-39-37-35-33-31-29-26-22-20-18-16-14-12-10-8-6-4-2/h22,25-27,32,34,40,42,45-47,50-52H,3-21,23-24,28-31,33,35-39,41,43-44H2,1-2H3,(H,49,53)/b26-22-,27-25+,34-32+,42-40+. The molecule has 0 fully saturated rings. The Labute approximate surface area is 329 Å². The van der Waals surface area contributed by atoms with Crippen LogP contribution in [0.15, 0.2) is 48.6 Å². The van der Waals surface area contributed by atoms with E-state index in [2.05, 4.69) is 55.6 Å². The molecule has 0 saturated carbocycles. The van der Waals surface area contributed by atoms with E-state index in [9.17, 15) is 20.1 Å². The lowest BCUT2D eigenvalue weighted by molar-refractivity contribution is -0.131. The first-order chi connectivity index (χ1) is 26.1. The van der Waals surface area contributed by atoms with Crippen LogP contribution in [-0.2, 0) is 4.79 Å². The second-order valence-electron chi connectivity index (χ2n) is 15.6. The van der Waals surface area contributed by atoms with Gasteiger partial charge in [0.1, 0.15) is 6.10 Å². The molecule has 0 aliphatic carbocycles. The van der Waals surface area contributed by atoms with Crippen molar-refractivity contribution in [2.75, 3.05) is 6.61 Å². The maximum Gasteiger partial charge on any atom is 0.249 e. The number of carbonyl (C=O) groups is 1. The number of unbranched alkanes of at least 4 members (excludes halogenated alkanes) is 27. The van der Waals surface area contributed by atoms with Crippen LogP contribution in [0.3, 0.4) is 0 Å². The van der Waals surface area contributed by atoms with E-state index in [1.807, 2.05) is 6.08 Å². The normalized spacial score (nSPS) is 14.0. The van der Waals surface area contributed by atoms with Gasteiger partial charge in [-0.25, -0.2) is 0 Å². The zero-order valence-electron chi connectivity index (χ0n) is 35.1. The molecule has 3 atom stereocenters. The van der Waals surface area contributed by atoms with Crippen LogP contribution in [0.25, 0.3) is 0 Å². The summed E-state index contributed by atoms with van der Waals surface area (Å²) in [4.78, 5) is 12.5. The highest BCUT2D eigenvalue weighted by atomic mass is 16.3. The van der Waals surface area contributed by atoms with Crippen molar-refractivity contribution < 1.29 is 20.1 Å². The second-order valence-corrected chi connectivity index (χ2v) is 15.6. The van der Waals surface area contributed by atoms with Crippen LogP contribution in [0.2, 0.25) is 0 Å². The fraction of sp³-hybridized carbons (Fsp3) is 0.812. The minimum atomic E-state index is -1.11. The van der Waals surface area contributed by atoms with Gasteiger partial charge < -0.3 is 20.6 Å². The zero-order chi connectivity index (χ0) is 38.7. The summed E-state index contributed by atoms with van der Waals surface area (Å²) < 4.78 is 0. The minimum Gasteiger partial charge on any atom is -0.394 e. The minimum absolute atomic E-state index is 0.384. The molecule has 0 aromatic rings. The van der Waals surface area contributed by atoms with Gasteiger partial charge in [-0.3, -0.25) is 4.79 Å². The van der Waals surface area contributed by atoms with Crippen LogP contribution < -0.4 is 5.32 Å². The van der Waals surface area contributed by atoms with E-state index >= 15 is 0 Å². The fourth-order valence-corrected chi connectivity index (χ4v) is 6.74. The van der Waals surface area contributed by atoms with Crippen molar-refractivity contribution in [3.8, 4) is 0 Å². The lowest BCUT2D eigenvalue weighted by atomic mass is 10.0. The van der Waals surface area contributed by atoms with E-state index in [1.165, 1.54) is 154 Å². The van der Waals surface area contributed by atoms with Crippen molar-refractivity contribution in [1.29, 1.82) is 0 Å². The van der Waals surface area contributed by atoms with Crippen molar-refractivity contribution in [3.63, 3.8) is 0 Å². The molecule has 0 rings (SSSR count). The van der Waals surface area contributed by atoms with Crippen molar-refractivity contribution in [3.05, 3.63) is 48.6 Å². The van der Waals surface area contributed by atoms with E-state index in [1.54, 1.807) is 6.08 Å². The molecule has 0 heterocycles. The molecule has 5 nitrogen and oxygen atoms in total. The predicted molar refractivity (Wildman–Crippen MR) is 231 cm³/mol. The quantitative estimate of drug-likeness (QED) is 0.0371. The SMILES string of the molecule is CCCCCCCCCC/C=C\CCCCCCCCC(O)C(=O)NC(CO)C(O)/C=C/CC/C=C/CC/C=C/CCCCCCCCCCCCC. The lowest BCUT2D eigenvalue weighted by Crippen LogP contribution is -2.48. The average Bonchev–Trinajstić information content (AvgIpc) is 3.16. The van der Waals surface area contributed by atoms with Gasteiger partial charge >= 0.3 is 0 Å². The molecule has 0 radical (unpaired) electrons. The molecule has 0 aliphatic heterocycles. The smallest absolute Gasteiger partial charge is 0.249 e. The highest BCUT2D eigenvalue weighted by Crippen LogP contribution is 2.14. The predicted octanol–water partition coefficient (Wildman–Crippen LogP) is 13.3. The fourth-order valence-electron chi connectivity index (χ4n) is 6.74. The molecule has 4 N–H and O–H groups in total. The number of carbonyl (C=O) groups excluding carboxylic acids is 1. The van der Waals surface area contributed by atoms with Crippen molar-refractivity contribution in [2.45, 2.75) is 244 Å². The van der Waals surface area contributed by atoms with Gasteiger partial charge in [0.2, 0.25) is 5.91 Å². The molecule has 310 valence electrons. The molecule has 0 aromatic carbocycles. The summed E-state index contributed by atoms with van der Waals surface area (Å²) in [5.41, 5.74) is 0. The summed E-state index contributed by atoms with van der Waals surface area (Å²) in [6.45, 7) is 4.17. The topological polar surface area (TPSA) is 89.8 Å². The highest BCUT2D eigenvalue weighted by Gasteiger charge is 2.22. The highest BCUT2D eigenvalue weighted by molar-refractivity contribution is 5.80. The Kier molecular flexibility index (Phi) is 41.7. The third kappa shape index (κ3) is 38.4. The van der Waals surface area contributed by atoms with Crippen LogP contribution in [0.1, 0.15) is 226 Å². The number of allylic oxidation sites excluding steroid dienone is 7. The Balaban J connectivity index is 3.75. The number of aliphatic hydroxyl groups is 3. The Morgan fingerprint density at radius 1 is 0.453 bits per heavy atom. The third-order valence-corrected chi connectivity index (χ3v) is 10.4. The van der Waals surface area contributed by atoms with E-state index in [-0.39, 0.29) is 6.61 Å². The van der Waals surface area contributed by atoms with Gasteiger partial charge in [-0.1, -0.05) is 204 Å². The second kappa shape index (κ2) is 43.0. The zero-order valence-corrected chi connectivity index (χ0v) is 35.1. The van der Waals surface area contributed by atoms with Gasteiger partial charge in [0.15, 0.2) is 0 Å². The summed E-state index contributed by atoms with van der Waals surface area (Å²) in [5, 5.41) is 33.1. The number of hydrogen-bond acceptors (Lipinski definition) is 4. The molecule has 5 heteroatoms. The number of nitrogens with one attached hydrogen (secondary N) is 1. The van der Waals surface area contributed by atoms with Crippen LogP contribution in [0.4, 0.5) is 0 Å². The first-order valence-electron chi connectivity index (χ1n) is 23.0. The molecule has 3 unspecified atom stereocenters. The molecule has 0 aromatic heterocycles. The largest absolute Gasteiger partial charge is 0.394 e. The van der Waals surface area contributed by atoms with Gasteiger partial charge in [-0.05, 0) is 70.6 Å². The van der Waals surface area contributed by atoms with Crippen molar-refractivity contribution in [1.82, 2.24) is 5.32 Å². The molecular weight excluding hydrogens is 655 g/mol. The van der Waals surface area contributed by atoms with E-state index in [4.69, 9.17) is 0 Å². The summed E-state index contributed by atoms with van der Waals surface area (Å²) in [7, 11) is 0. The number of rotatable bonds is 41. The molecule has 1 amide bonds. The van der Waals surface area contributed by atoms with Gasteiger partial charge in [0.25, 0.3) is 0 Å². The number of amides is 1. The summed E-state index contributed by atoms with van der Waals surface area (Å²) >= 11 is 0. The first-order valence-corrected chi connectivity index (χ1v) is 23.0. The van der Waals surface area contributed by atoms with Crippen LogP contribution in [0.5, 0.6) is 0 Å². The van der Waals surface area contributed by atoms with Crippen LogP contribution in [0, 0.1) is 0 Å². The molecule has 0 aliphatic rings. The molecule has 0 bridgehead atoms. The van der Waals surface area contributed by atoms with E-state index < -0.39 is 24.2 Å². The first kappa shape index (κ1) is 51.3. The number of hydrogen-bond donors (Lipinski definition) is 4. The maximum atomic E-state index is 12.5. The lowest BCUT2D eigenvalue weighted by Gasteiger charge is -2.21. The Morgan fingerprint density at radius 2 is 0.774 bits per heavy atom. The van der Waals surface area contributed by atoms with E-state index in [0.717, 1.165) is 51.4 Å². The molecule has 53 heavy (non-hydrogen) atoms. The van der Waals surface area contributed by atoms with Crippen LogP contribution in [-0.4, -0.2) is 46.1 Å². The molecule has 0 saturated heterocycles. The Hall–Kier alpha value is -1.69. The maximum absolute atomic E-state index is 12.5. The Bertz CT molecular complexity index is 866. The third-order valence-electron chi connectivity index (χ3n) is 10.4. The average molecular weight is 744 g/mol. The van der Waals surface area contributed by atoms with Crippen molar-refractivity contribution >= 4 is 5.91 Å². The van der Waals surface area contributed by atoms with Gasteiger partial charge in [-0.15, -0.1) is 0 Å². The van der Waals surface area contributed by atoms with Gasteiger partial charge in [-0.2, -0.15) is 0 Å². The molecule has 0 spiro atoms.